The van der Waals surface area contributed by atoms with Gasteiger partial charge in [-0.2, -0.15) is 5.26 Å². The normalized spacial score (nSPS) is 10.2. The minimum atomic E-state index is 0.534. The lowest BCUT2D eigenvalue weighted by Gasteiger charge is -2.13. The van der Waals surface area contributed by atoms with Gasteiger partial charge in [-0.15, -0.1) is 0 Å². The van der Waals surface area contributed by atoms with E-state index in [0.717, 1.165) is 47.8 Å². The number of hydrogen-bond donors (Lipinski definition) is 1. The number of aryl methyl sites for hydroxylation is 1. The van der Waals surface area contributed by atoms with E-state index in [0.29, 0.717) is 5.56 Å². The molecule has 5 nitrogen and oxygen atoms in total. The zero-order valence-electron chi connectivity index (χ0n) is 12.6. The van der Waals surface area contributed by atoms with E-state index in [2.05, 4.69) is 33.3 Å². The Morgan fingerprint density at radius 1 is 1.24 bits per heavy atom. The summed E-state index contributed by atoms with van der Waals surface area (Å²) in [5.41, 5.74) is 3.21. The van der Waals surface area contributed by atoms with Gasteiger partial charge in [0.05, 0.1) is 11.3 Å². The van der Waals surface area contributed by atoms with E-state index in [4.69, 9.17) is 5.26 Å². The fourth-order valence-electron chi connectivity index (χ4n) is 2.05. The van der Waals surface area contributed by atoms with Gasteiger partial charge in [0.2, 0.25) is 0 Å². The van der Waals surface area contributed by atoms with Crippen LogP contribution in [0.1, 0.15) is 37.2 Å². The highest BCUT2D eigenvalue weighted by Gasteiger charge is 2.12. The van der Waals surface area contributed by atoms with E-state index in [-0.39, 0.29) is 0 Å². The van der Waals surface area contributed by atoms with Crippen molar-refractivity contribution >= 4 is 5.82 Å². The molecule has 108 valence electrons. The van der Waals surface area contributed by atoms with Crippen molar-refractivity contribution in [1.29, 1.82) is 5.26 Å². The van der Waals surface area contributed by atoms with Gasteiger partial charge in [-0.05, 0) is 19.4 Å². The summed E-state index contributed by atoms with van der Waals surface area (Å²) < 4.78 is 0. The monoisotopic (exact) mass is 281 g/mol. The molecular weight excluding hydrogens is 262 g/mol. The molecule has 0 atom stereocenters. The summed E-state index contributed by atoms with van der Waals surface area (Å²) >= 11 is 0. The zero-order valence-corrected chi connectivity index (χ0v) is 12.6. The molecule has 1 N–H and O–H groups in total. The lowest BCUT2D eigenvalue weighted by molar-refractivity contribution is 0.910. The first-order valence-electron chi connectivity index (χ1n) is 7.16. The third-order valence-electron chi connectivity index (χ3n) is 3.19. The minimum Gasteiger partial charge on any atom is -0.370 e. The summed E-state index contributed by atoms with van der Waals surface area (Å²) in [7, 11) is 0. The maximum absolute atomic E-state index is 9.01. The van der Waals surface area contributed by atoms with Crippen molar-refractivity contribution in [1.82, 2.24) is 15.0 Å². The molecule has 2 heterocycles. The molecule has 0 aliphatic rings. The van der Waals surface area contributed by atoms with Gasteiger partial charge in [0.15, 0.2) is 0 Å². The second kappa shape index (κ2) is 6.80. The lowest BCUT2D eigenvalue weighted by atomic mass is 10.1. The summed E-state index contributed by atoms with van der Waals surface area (Å²) in [6, 6.07) is 3.92. The Kier molecular flexibility index (Phi) is 4.83. The molecule has 0 bridgehead atoms. The minimum absolute atomic E-state index is 0.534. The molecule has 0 aliphatic heterocycles. The molecule has 0 amide bonds. The van der Waals surface area contributed by atoms with Crippen LogP contribution in [0.25, 0.3) is 11.3 Å². The number of hydrogen-bond acceptors (Lipinski definition) is 5. The maximum Gasteiger partial charge on any atom is 0.133 e. The summed E-state index contributed by atoms with van der Waals surface area (Å²) in [6.07, 6.45) is 5.08. The third-order valence-corrected chi connectivity index (χ3v) is 3.19. The number of aromatic nitrogens is 3. The molecule has 0 spiro atoms. The molecule has 0 saturated heterocycles. The number of pyridine rings is 1. The topological polar surface area (TPSA) is 74.5 Å². The Morgan fingerprint density at radius 2 is 2.05 bits per heavy atom. The van der Waals surface area contributed by atoms with Crippen LogP contribution in [0.5, 0.6) is 0 Å². The molecule has 0 aliphatic carbocycles. The smallest absolute Gasteiger partial charge is 0.133 e. The SMILES string of the molecule is CCCNc1nc(CC)nc(-c2cncc(C#N)c2)c1C. The molecular formula is C16H19N5. The van der Waals surface area contributed by atoms with Gasteiger partial charge in [0.25, 0.3) is 0 Å². The fourth-order valence-corrected chi connectivity index (χ4v) is 2.05. The Labute approximate surface area is 125 Å². The van der Waals surface area contributed by atoms with Gasteiger partial charge in [-0.3, -0.25) is 4.98 Å². The molecule has 5 heteroatoms. The highest BCUT2D eigenvalue weighted by atomic mass is 15.0. The van der Waals surface area contributed by atoms with Gasteiger partial charge < -0.3 is 5.32 Å². The molecule has 2 rings (SSSR count). The standard InChI is InChI=1S/C16H19N5/c1-4-6-19-16-11(3)15(20-14(5-2)21-16)13-7-12(8-17)9-18-10-13/h7,9-10H,4-6H2,1-3H3,(H,19,20,21). The highest BCUT2D eigenvalue weighted by Crippen LogP contribution is 2.26. The molecule has 0 radical (unpaired) electrons. The van der Waals surface area contributed by atoms with E-state index in [1.165, 1.54) is 0 Å². The quantitative estimate of drug-likeness (QED) is 0.911. The van der Waals surface area contributed by atoms with Crippen molar-refractivity contribution < 1.29 is 0 Å². The number of anilines is 1. The maximum atomic E-state index is 9.01. The summed E-state index contributed by atoms with van der Waals surface area (Å²) in [6.45, 7) is 7.01. The summed E-state index contributed by atoms with van der Waals surface area (Å²) in [5.74, 6) is 1.65. The van der Waals surface area contributed by atoms with Crippen LogP contribution in [-0.4, -0.2) is 21.5 Å². The first kappa shape index (κ1) is 14.9. The second-order valence-electron chi connectivity index (χ2n) is 4.82. The predicted molar refractivity (Wildman–Crippen MR) is 82.9 cm³/mol. The largest absolute Gasteiger partial charge is 0.370 e. The van der Waals surface area contributed by atoms with E-state index >= 15 is 0 Å². The van der Waals surface area contributed by atoms with Crippen LogP contribution < -0.4 is 5.32 Å². The van der Waals surface area contributed by atoms with Crippen molar-refractivity contribution in [3.8, 4) is 17.3 Å². The molecule has 21 heavy (non-hydrogen) atoms. The summed E-state index contributed by atoms with van der Waals surface area (Å²) in [4.78, 5) is 13.3. The summed E-state index contributed by atoms with van der Waals surface area (Å²) in [5, 5.41) is 12.4. The van der Waals surface area contributed by atoms with Crippen LogP contribution in [0.4, 0.5) is 5.82 Å². The van der Waals surface area contributed by atoms with Crippen molar-refractivity contribution in [2.24, 2.45) is 0 Å². The van der Waals surface area contributed by atoms with Crippen LogP contribution in [-0.2, 0) is 6.42 Å². The number of nitrogens with zero attached hydrogens (tertiary/aromatic N) is 4. The second-order valence-corrected chi connectivity index (χ2v) is 4.82. The van der Waals surface area contributed by atoms with Crippen molar-refractivity contribution in [3.63, 3.8) is 0 Å². The first-order valence-corrected chi connectivity index (χ1v) is 7.16. The Hall–Kier alpha value is -2.48. The fraction of sp³-hybridized carbons (Fsp3) is 0.375. The Bertz CT molecular complexity index is 673. The van der Waals surface area contributed by atoms with Crippen molar-refractivity contribution in [3.05, 3.63) is 35.4 Å². The molecule has 0 unspecified atom stereocenters. The van der Waals surface area contributed by atoms with Gasteiger partial charge in [-0.25, -0.2) is 9.97 Å². The average molecular weight is 281 g/mol. The van der Waals surface area contributed by atoms with Crippen molar-refractivity contribution in [2.75, 3.05) is 11.9 Å². The molecule has 0 saturated carbocycles. The van der Waals surface area contributed by atoms with Gasteiger partial charge in [0, 0.05) is 36.5 Å². The average Bonchev–Trinajstić information content (AvgIpc) is 2.54. The number of nitrogens with one attached hydrogen (secondary N) is 1. The Balaban J connectivity index is 2.53. The van der Waals surface area contributed by atoms with Crippen LogP contribution in [0, 0.1) is 18.3 Å². The predicted octanol–water partition coefficient (Wildman–Crippen LogP) is 3.10. The van der Waals surface area contributed by atoms with Gasteiger partial charge in [-0.1, -0.05) is 13.8 Å². The Morgan fingerprint density at radius 3 is 2.71 bits per heavy atom. The van der Waals surface area contributed by atoms with Crippen LogP contribution in [0.3, 0.4) is 0 Å². The molecule has 2 aromatic rings. The van der Waals surface area contributed by atoms with E-state index in [9.17, 15) is 0 Å². The molecule has 2 aromatic heterocycles. The molecule has 0 aromatic carbocycles. The highest BCUT2D eigenvalue weighted by molar-refractivity contribution is 5.68. The molecule has 0 fully saturated rings. The van der Waals surface area contributed by atoms with E-state index in [1.54, 1.807) is 12.4 Å². The van der Waals surface area contributed by atoms with Gasteiger partial charge in [0.1, 0.15) is 17.7 Å². The van der Waals surface area contributed by atoms with E-state index < -0.39 is 0 Å². The van der Waals surface area contributed by atoms with Crippen molar-refractivity contribution in [2.45, 2.75) is 33.6 Å². The zero-order chi connectivity index (χ0) is 15.2. The number of rotatable bonds is 5. The van der Waals surface area contributed by atoms with Crippen LogP contribution >= 0.6 is 0 Å². The number of nitriles is 1. The van der Waals surface area contributed by atoms with E-state index in [1.807, 2.05) is 19.9 Å². The lowest BCUT2D eigenvalue weighted by Crippen LogP contribution is -2.08. The van der Waals surface area contributed by atoms with Crippen LogP contribution in [0.2, 0.25) is 0 Å². The third kappa shape index (κ3) is 3.34. The van der Waals surface area contributed by atoms with Crippen LogP contribution in [0.15, 0.2) is 18.5 Å². The van der Waals surface area contributed by atoms with Gasteiger partial charge >= 0.3 is 0 Å². The first-order chi connectivity index (χ1) is 10.2.